The van der Waals surface area contributed by atoms with Crippen molar-refractivity contribution >= 4 is 17.6 Å². The Bertz CT molecular complexity index is 1050. The van der Waals surface area contributed by atoms with E-state index in [4.69, 9.17) is 14.2 Å². The second-order valence-corrected chi connectivity index (χ2v) is 7.54. The van der Waals surface area contributed by atoms with Gasteiger partial charge in [-0.25, -0.2) is 4.98 Å². The van der Waals surface area contributed by atoms with E-state index in [1.807, 2.05) is 49.7 Å². The molecule has 1 fully saturated rings. The molecule has 0 aliphatic carbocycles. The van der Waals surface area contributed by atoms with Crippen LogP contribution in [0.3, 0.4) is 0 Å². The molecule has 1 saturated heterocycles. The number of aryl methyl sites for hydroxylation is 1. The monoisotopic (exact) mass is 425 g/mol. The summed E-state index contributed by atoms with van der Waals surface area (Å²) >= 11 is 0. The van der Waals surface area contributed by atoms with Crippen molar-refractivity contribution in [1.29, 1.82) is 0 Å². The minimum Gasteiger partial charge on any atom is -0.494 e. The summed E-state index contributed by atoms with van der Waals surface area (Å²) in [5.74, 6) is 1.63. The Morgan fingerprint density at radius 2 is 1.84 bits per heavy atom. The fraction of sp³-hybridized carbons (Fsp3) is 0.429. The van der Waals surface area contributed by atoms with E-state index in [2.05, 4.69) is 30.2 Å². The molecule has 2 unspecified atom stereocenters. The van der Waals surface area contributed by atoms with Gasteiger partial charge in [0.25, 0.3) is 0 Å². The van der Waals surface area contributed by atoms with Crippen molar-refractivity contribution in [1.82, 2.24) is 24.5 Å². The first-order valence-electron chi connectivity index (χ1n) is 10.1. The van der Waals surface area contributed by atoms with Crippen LogP contribution in [0.15, 0.2) is 30.7 Å². The second-order valence-electron chi connectivity index (χ2n) is 7.54. The van der Waals surface area contributed by atoms with Crippen LogP contribution >= 0.6 is 0 Å². The summed E-state index contributed by atoms with van der Waals surface area (Å²) in [5.41, 5.74) is 2.60. The number of morpholine rings is 1. The molecule has 2 aromatic heterocycles. The average molecular weight is 425 g/mol. The molecule has 0 spiro atoms. The van der Waals surface area contributed by atoms with Gasteiger partial charge in [0, 0.05) is 31.0 Å². The minimum atomic E-state index is 0.0894. The Hall–Kier alpha value is -3.40. The molecule has 10 heteroatoms. The summed E-state index contributed by atoms with van der Waals surface area (Å²) in [4.78, 5) is 19.7. The van der Waals surface area contributed by atoms with Crippen molar-refractivity contribution in [3.63, 3.8) is 0 Å². The lowest BCUT2D eigenvalue weighted by atomic mass is 10.2. The third kappa shape index (κ3) is 4.69. The molecule has 31 heavy (non-hydrogen) atoms. The zero-order valence-corrected chi connectivity index (χ0v) is 18.4. The van der Waals surface area contributed by atoms with Crippen LogP contribution in [-0.2, 0) is 4.74 Å². The third-order valence-corrected chi connectivity index (χ3v) is 4.91. The SMILES string of the molecule is COc1nc(Nc2ccc(-n3cnc(C)c3)c(OC)c2)nc(N2CC(C)OC(C)C2)n1. The topological polar surface area (TPSA) is 99.5 Å². The molecule has 0 radical (unpaired) electrons. The van der Waals surface area contributed by atoms with Gasteiger partial charge in [0.2, 0.25) is 11.9 Å². The van der Waals surface area contributed by atoms with Gasteiger partial charge < -0.3 is 29.0 Å². The quantitative estimate of drug-likeness (QED) is 0.639. The zero-order valence-electron chi connectivity index (χ0n) is 18.4. The van der Waals surface area contributed by atoms with Crippen molar-refractivity contribution in [2.75, 3.05) is 37.5 Å². The van der Waals surface area contributed by atoms with Gasteiger partial charge in [-0.05, 0) is 32.9 Å². The Morgan fingerprint density at radius 1 is 1.06 bits per heavy atom. The molecule has 1 aromatic carbocycles. The summed E-state index contributed by atoms with van der Waals surface area (Å²) in [6, 6.07) is 6.02. The number of hydrogen-bond donors (Lipinski definition) is 1. The van der Waals surface area contributed by atoms with Crippen molar-refractivity contribution in [3.05, 3.63) is 36.4 Å². The molecule has 0 saturated carbocycles. The summed E-state index contributed by atoms with van der Waals surface area (Å²) in [6.45, 7) is 7.42. The molecule has 1 N–H and O–H groups in total. The fourth-order valence-corrected chi connectivity index (χ4v) is 3.63. The maximum atomic E-state index is 5.81. The first-order chi connectivity index (χ1) is 14.9. The van der Waals surface area contributed by atoms with Crippen LogP contribution < -0.4 is 19.7 Å². The van der Waals surface area contributed by atoms with Crippen LogP contribution in [0.2, 0.25) is 0 Å². The third-order valence-electron chi connectivity index (χ3n) is 4.91. The van der Waals surface area contributed by atoms with E-state index >= 15 is 0 Å². The van der Waals surface area contributed by atoms with Crippen molar-refractivity contribution in [2.24, 2.45) is 0 Å². The highest BCUT2D eigenvalue weighted by molar-refractivity contribution is 5.62. The van der Waals surface area contributed by atoms with Crippen molar-refractivity contribution in [3.8, 4) is 17.4 Å². The smallest absolute Gasteiger partial charge is 0.322 e. The van der Waals surface area contributed by atoms with E-state index in [-0.39, 0.29) is 18.2 Å². The van der Waals surface area contributed by atoms with Gasteiger partial charge >= 0.3 is 6.01 Å². The number of aromatic nitrogens is 5. The van der Waals surface area contributed by atoms with Crippen LogP contribution in [0.25, 0.3) is 5.69 Å². The van der Waals surface area contributed by atoms with Gasteiger partial charge in [-0.3, -0.25) is 0 Å². The van der Waals surface area contributed by atoms with Gasteiger partial charge in [-0.15, -0.1) is 0 Å². The first-order valence-corrected chi connectivity index (χ1v) is 10.1. The van der Waals surface area contributed by atoms with E-state index in [1.165, 1.54) is 0 Å². The first kappa shape index (κ1) is 20.9. The predicted molar refractivity (Wildman–Crippen MR) is 117 cm³/mol. The number of benzene rings is 1. The Kier molecular flexibility index (Phi) is 5.90. The molecule has 164 valence electrons. The molecule has 3 aromatic rings. The molecule has 0 bridgehead atoms. The standard InChI is InChI=1S/C21H27N7O3/c1-13-9-28(12-22-13)17-7-6-16(8-18(17)29-4)23-19-24-20(26-21(25-19)30-5)27-10-14(2)31-15(3)11-27/h6-9,12,14-15H,10-11H2,1-5H3,(H,23,24,25,26). The van der Waals surface area contributed by atoms with E-state index in [1.54, 1.807) is 20.5 Å². The van der Waals surface area contributed by atoms with Gasteiger partial charge in [0.05, 0.1) is 44.1 Å². The number of hydrogen-bond acceptors (Lipinski definition) is 9. The largest absolute Gasteiger partial charge is 0.494 e. The molecule has 1 aliphatic rings. The average Bonchev–Trinajstić information content (AvgIpc) is 3.18. The normalized spacial score (nSPS) is 18.7. The molecular formula is C21H27N7O3. The summed E-state index contributed by atoms with van der Waals surface area (Å²) in [6.07, 6.45) is 3.88. The summed E-state index contributed by atoms with van der Waals surface area (Å²) in [5, 5.41) is 3.23. The molecule has 0 amide bonds. The number of methoxy groups -OCH3 is 2. The van der Waals surface area contributed by atoms with Crippen LogP contribution in [0.5, 0.6) is 11.8 Å². The second kappa shape index (κ2) is 8.76. The van der Waals surface area contributed by atoms with Crippen LogP contribution in [-0.4, -0.2) is 64.0 Å². The van der Waals surface area contributed by atoms with Crippen molar-refractivity contribution < 1.29 is 14.2 Å². The van der Waals surface area contributed by atoms with Gasteiger partial charge in [0.15, 0.2) is 0 Å². The highest BCUT2D eigenvalue weighted by Gasteiger charge is 2.25. The number of rotatable bonds is 6. The number of ether oxygens (including phenoxy) is 3. The molecule has 10 nitrogen and oxygen atoms in total. The molecular weight excluding hydrogens is 398 g/mol. The fourth-order valence-electron chi connectivity index (χ4n) is 3.63. The highest BCUT2D eigenvalue weighted by Crippen LogP contribution is 2.29. The molecule has 2 atom stereocenters. The van der Waals surface area contributed by atoms with Crippen LogP contribution in [0.1, 0.15) is 19.5 Å². The van der Waals surface area contributed by atoms with E-state index in [0.717, 1.165) is 17.1 Å². The number of nitrogens with one attached hydrogen (secondary N) is 1. The summed E-state index contributed by atoms with van der Waals surface area (Å²) < 4.78 is 18.6. The van der Waals surface area contributed by atoms with Crippen LogP contribution in [0.4, 0.5) is 17.6 Å². The lowest BCUT2D eigenvalue weighted by Gasteiger charge is -2.35. The Labute approximate surface area is 181 Å². The molecule has 3 heterocycles. The van der Waals surface area contributed by atoms with Crippen LogP contribution in [0, 0.1) is 6.92 Å². The van der Waals surface area contributed by atoms with E-state index in [0.29, 0.717) is 30.7 Å². The Morgan fingerprint density at radius 3 is 2.48 bits per heavy atom. The number of nitrogens with zero attached hydrogens (tertiary/aromatic N) is 6. The molecule has 1 aliphatic heterocycles. The molecule has 4 rings (SSSR count). The predicted octanol–water partition coefficient (Wildman–Crippen LogP) is 2.74. The number of imidazole rings is 1. The van der Waals surface area contributed by atoms with E-state index in [9.17, 15) is 0 Å². The maximum Gasteiger partial charge on any atom is 0.322 e. The van der Waals surface area contributed by atoms with Gasteiger partial charge in [-0.2, -0.15) is 15.0 Å². The zero-order chi connectivity index (χ0) is 22.0. The minimum absolute atomic E-state index is 0.0894. The maximum absolute atomic E-state index is 5.81. The number of anilines is 3. The van der Waals surface area contributed by atoms with Gasteiger partial charge in [0.1, 0.15) is 5.75 Å². The Balaban J connectivity index is 1.61. The lowest BCUT2D eigenvalue weighted by molar-refractivity contribution is -0.00576. The summed E-state index contributed by atoms with van der Waals surface area (Å²) in [7, 11) is 3.18. The highest BCUT2D eigenvalue weighted by atomic mass is 16.5. The lowest BCUT2D eigenvalue weighted by Crippen LogP contribution is -2.46. The van der Waals surface area contributed by atoms with Crippen molar-refractivity contribution in [2.45, 2.75) is 33.0 Å². The van der Waals surface area contributed by atoms with E-state index < -0.39 is 0 Å². The van der Waals surface area contributed by atoms with Gasteiger partial charge in [-0.1, -0.05) is 0 Å².